The lowest BCUT2D eigenvalue weighted by molar-refractivity contribution is -0.120. The molecule has 7 nitrogen and oxygen atoms in total. The van der Waals surface area contributed by atoms with E-state index in [0.29, 0.717) is 34.5 Å². The van der Waals surface area contributed by atoms with Gasteiger partial charge in [-0.25, -0.2) is 9.97 Å². The highest BCUT2D eigenvalue weighted by Gasteiger charge is 2.18. The summed E-state index contributed by atoms with van der Waals surface area (Å²) in [6.45, 7) is 0.203. The summed E-state index contributed by atoms with van der Waals surface area (Å²) < 4.78 is 0. The van der Waals surface area contributed by atoms with Gasteiger partial charge in [-0.05, 0) is 53.4 Å². The van der Waals surface area contributed by atoms with Crippen LogP contribution in [0.15, 0.2) is 72.8 Å². The van der Waals surface area contributed by atoms with Crippen LogP contribution in [-0.2, 0) is 11.2 Å². The van der Waals surface area contributed by atoms with Crippen LogP contribution >= 0.6 is 11.6 Å². The standard InChI is InChI=1S/C31H32ClN5O2/c1-37(20-30(38)33-25-9-3-2-4-10-25)29-19-27(32)35-28(36-29)17-21-11-15-26(16-12-21)34-31(39)24-14-13-22-7-5-6-8-23(22)18-24/h5-8,11-16,18-19,25H,2-4,9-10,17,20H2,1H3,(H,33,38)(H,34,39). The molecule has 200 valence electrons. The number of carbonyl (C=O) groups is 2. The zero-order chi connectivity index (χ0) is 27.2. The Morgan fingerprint density at radius 1 is 0.923 bits per heavy atom. The minimum atomic E-state index is -0.160. The van der Waals surface area contributed by atoms with Crippen LogP contribution in [0.3, 0.4) is 0 Å². The van der Waals surface area contributed by atoms with Crippen LogP contribution in [0.4, 0.5) is 11.5 Å². The van der Waals surface area contributed by atoms with E-state index in [4.69, 9.17) is 11.6 Å². The molecule has 39 heavy (non-hydrogen) atoms. The first-order chi connectivity index (χ1) is 18.9. The number of rotatable bonds is 8. The molecule has 3 aromatic carbocycles. The fourth-order valence-corrected chi connectivity index (χ4v) is 5.16. The van der Waals surface area contributed by atoms with Gasteiger partial charge in [0.15, 0.2) is 0 Å². The molecule has 0 bridgehead atoms. The number of hydrogen-bond donors (Lipinski definition) is 2. The molecule has 2 amide bonds. The van der Waals surface area contributed by atoms with E-state index < -0.39 is 0 Å². The third-order valence-electron chi connectivity index (χ3n) is 7.06. The molecular formula is C31H32ClN5O2. The van der Waals surface area contributed by atoms with Crippen LogP contribution in [0, 0.1) is 0 Å². The quantitative estimate of drug-likeness (QED) is 0.267. The second-order valence-corrected chi connectivity index (χ2v) is 10.5. The summed E-state index contributed by atoms with van der Waals surface area (Å²) >= 11 is 6.30. The largest absolute Gasteiger partial charge is 0.352 e. The molecule has 1 saturated carbocycles. The Kier molecular flexibility index (Phi) is 8.37. The Hall–Kier alpha value is -3.97. The molecule has 1 fully saturated rings. The van der Waals surface area contributed by atoms with E-state index >= 15 is 0 Å². The average Bonchev–Trinajstić information content (AvgIpc) is 2.94. The number of benzene rings is 3. The van der Waals surface area contributed by atoms with Crippen molar-refractivity contribution in [3.8, 4) is 0 Å². The van der Waals surface area contributed by atoms with Gasteiger partial charge in [0.1, 0.15) is 16.8 Å². The molecule has 0 unspecified atom stereocenters. The first-order valence-electron chi connectivity index (χ1n) is 13.4. The van der Waals surface area contributed by atoms with E-state index in [1.165, 1.54) is 19.3 Å². The highest BCUT2D eigenvalue weighted by atomic mass is 35.5. The number of nitrogens with zero attached hydrogens (tertiary/aromatic N) is 3. The van der Waals surface area contributed by atoms with Gasteiger partial charge in [-0.2, -0.15) is 0 Å². The van der Waals surface area contributed by atoms with E-state index in [0.717, 1.165) is 29.2 Å². The smallest absolute Gasteiger partial charge is 0.255 e. The summed E-state index contributed by atoms with van der Waals surface area (Å²) in [6, 6.07) is 23.2. The highest BCUT2D eigenvalue weighted by molar-refractivity contribution is 6.29. The first kappa shape index (κ1) is 26.6. The monoisotopic (exact) mass is 541 g/mol. The summed E-state index contributed by atoms with van der Waals surface area (Å²) in [4.78, 5) is 36.1. The zero-order valence-corrected chi connectivity index (χ0v) is 22.7. The first-order valence-corrected chi connectivity index (χ1v) is 13.7. The van der Waals surface area contributed by atoms with Gasteiger partial charge in [0, 0.05) is 36.8 Å². The van der Waals surface area contributed by atoms with Crippen LogP contribution in [-0.4, -0.2) is 41.4 Å². The number of anilines is 2. The van der Waals surface area contributed by atoms with Gasteiger partial charge >= 0.3 is 0 Å². The van der Waals surface area contributed by atoms with Gasteiger partial charge in [0.05, 0.1) is 6.54 Å². The minimum Gasteiger partial charge on any atom is -0.352 e. The third-order valence-corrected chi connectivity index (χ3v) is 7.25. The van der Waals surface area contributed by atoms with Crippen molar-refractivity contribution in [1.82, 2.24) is 15.3 Å². The number of nitrogens with one attached hydrogen (secondary N) is 2. The van der Waals surface area contributed by atoms with E-state index in [1.807, 2.05) is 73.8 Å². The van der Waals surface area contributed by atoms with Crippen LogP contribution in [0.25, 0.3) is 10.8 Å². The van der Waals surface area contributed by atoms with Crippen LogP contribution in [0.1, 0.15) is 53.8 Å². The third kappa shape index (κ3) is 7.12. The number of likely N-dealkylation sites (N-methyl/N-ethyl adjacent to an activating group) is 1. The summed E-state index contributed by atoms with van der Waals surface area (Å²) in [5.74, 6) is 0.988. The second-order valence-electron chi connectivity index (χ2n) is 10.1. The molecule has 1 heterocycles. The fraction of sp³-hybridized carbons (Fsp3) is 0.290. The van der Waals surface area contributed by atoms with Crippen molar-refractivity contribution in [2.24, 2.45) is 0 Å². The molecule has 0 spiro atoms. The van der Waals surface area contributed by atoms with Gasteiger partial charge in [-0.1, -0.05) is 73.3 Å². The number of fused-ring (bicyclic) bond motifs is 1. The molecule has 0 aliphatic heterocycles. The number of halogens is 1. The molecule has 8 heteroatoms. The summed E-state index contributed by atoms with van der Waals surface area (Å²) in [5.41, 5.74) is 2.28. The molecule has 5 rings (SSSR count). The van der Waals surface area contributed by atoms with Gasteiger partial charge in [-0.3, -0.25) is 9.59 Å². The summed E-state index contributed by atoms with van der Waals surface area (Å²) in [5, 5.41) is 8.55. The number of amides is 2. The Morgan fingerprint density at radius 2 is 1.67 bits per heavy atom. The van der Waals surface area contributed by atoms with Crippen LogP contribution in [0.5, 0.6) is 0 Å². The van der Waals surface area contributed by atoms with Crippen molar-refractivity contribution >= 4 is 45.7 Å². The molecule has 0 atom stereocenters. The number of aromatic nitrogens is 2. The second kappa shape index (κ2) is 12.3. The molecule has 0 radical (unpaired) electrons. The lowest BCUT2D eigenvalue weighted by Gasteiger charge is -2.25. The maximum absolute atomic E-state index is 12.8. The molecule has 4 aromatic rings. The van der Waals surface area contributed by atoms with Crippen molar-refractivity contribution < 1.29 is 9.59 Å². The summed E-state index contributed by atoms with van der Waals surface area (Å²) in [6.07, 6.45) is 6.15. The van der Waals surface area contributed by atoms with E-state index in [1.54, 1.807) is 11.0 Å². The Labute approximate surface area is 233 Å². The summed E-state index contributed by atoms with van der Waals surface area (Å²) in [7, 11) is 1.83. The molecule has 1 aromatic heterocycles. The lowest BCUT2D eigenvalue weighted by Crippen LogP contribution is -2.42. The van der Waals surface area contributed by atoms with Gasteiger partial charge < -0.3 is 15.5 Å². The molecule has 1 aliphatic carbocycles. The van der Waals surface area contributed by atoms with Gasteiger partial charge in [0.25, 0.3) is 5.91 Å². The van der Waals surface area contributed by atoms with E-state index in [-0.39, 0.29) is 24.4 Å². The highest BCUT2D eigenvalue weighted by Crippen LogP contribution is 2.21. The minimum absolute atomic E-state index is 0.0120. The fourth-order valence-electron chi connectivity index (χ4n) is 4.97. The maximum Gasteiger partial charge on any atom is 0.255 e. The number of carbonyl (C=O) groups excluding carboxylic acids is 2. The van der Waals surface area contributed by atoms with Crippen molar-refractivity contribution in [3.05, 3.63) is 94.9 Å². The van der Waals surface area contributed by atoms with Crippen molar-refractivity contribution in [1.29, 1.82) is 0 Å². The van der Waals surface area contributed by atoms with Crippen molar-refractivity contribution in [3.63, 3.8) is 0 Å². The Morgan fingerprint density at radius 3 is 2.44 bits per heavy atom. The normalized spacial score (nSPS) is 13.7. The predicted octanol–water partition coefficient (Wildman–Crippen LogP) is 6.01. The predicted molar refractivity (Wildman–Crippen MR) is 156 cm³/mol. The number of hydrogen-bond acceptors (Lipinski definition) is 5. The Balaban J connectivity index is 1.19. The van der Waals surface area contributed by atoms with Crippen LogP contribution < -0.4 is 15.5 Å². The van der Waals surface area contributed by atoms with Crippen LogP contribution in [0.2, 0.25) is 5.15 Å². The average molecular weight is 542 g/mol. The molecule has 1 aliphatic rings. The molecule has 2 N–H and O–H groups in total. The van der Waals surface area contributed by atoms with Gasteiger partial charge in [-0.15, -0.1) is 0 Å². The zero-order valence-electron chi connectivity index (χ0n) is 22.0. The lowest BCUT2D eigenvalue weighted by atomic mass is 9.95. The SMILES string of the molecule is CN(CC(=O)NC1CCCCC1)c1cc(Cl)nc(Cc2ccc(NC(=O)c3ccc4ccccc4c3)cc2)n1. The van der Waals surface area contributed by atoms with Crippen molar-refractivity contribution in [2.75, 3.05) is 23.8 Å². The molecular weight excluding hydrogens is 510 g/mol. The molecule has 0 saturated heterocycles. The Bertz CT molecular complexity index is 1470. The van der Waals surface area contributed by atoms with Gasteiger partial charge in [0.2, 0.25) is 5.91 Å². The van der Waals surface area contributed by atoms with Crippen molar-refractivity contribution in [2.45, 2.75) is 44.6 Å². The van der Waals surface area contributed by atoms with E-state index in [9.17, 15) is 9.59 Å². The maximum atomic E-state index is 12.8. The van der Waals surface area contributed by atoms with E-state index in [2.05, 4.69) is 20.6 Å². The topological polar surface area (TPSA) is 87.2 Å².